The molecule has 0 N–H and O–H groups in total. The maximum Gasteiger partial charge on any atom is 0.336 e. The van der Waals surface area contributed by atoms with Crippen LogP contribution in [0.1, 0.15) is 213 Å². The molecule has 0 aliphatic carbocycles. The second-order valence-electron chi connectivity index (χ2n) is 13.8. The molecule has 6 heteroatoms. The van der Waals surface area contributed by atoms with Crippen LogP contribution in [-0.2, 0) is 19.6 Å². The molecular formula is C39H75N3O3. The van der Waals surface area contributed by atoms with Crippen molar-refractivity contribution in [1.29, 1.82) is 0 Å². The van der Waals surface area contributed by atoms with Gasteiger partial charge in [0.2, 0.25) is 0 Å². The minimum atomic E-state index is -0.392. The van der Waals surface area contributed by atoms with Crippen molar-refractivity contribution in [2.45, 2.75) is 233 Å². The normalized spacial score (nSPS) is 11.5. The highest BCUT2D eigenvalue weighted by Crippen LogP contribution is 2.13. The fourth-order valence-electron chi connectivity index (χ4n) is 6.53. The summed E-state index contributed by atoms with van der Waals surface area (Å²) in [4.78, 5) is 40.2. The Kier molecular flexibility index (Phi) is 27.4. The Balaban J connectivity index is 2.65. The third kappa shape index (κ3) is 20.3. The van der Waals surface area contributed by atoms with Crippen LogP contribution < -0.4 is 17.1 Å². The first-order chi connectivity index (χ1) is 22.1. The predicted octanol–water partition coefficient (Wildman–Crippen LogP) is 10.9. The molecule has 0 atom stereocenters. The van der Waals surface area contributed by atoms with E-state index in [0.717, 1.165) is 57.8 Å². The first-order valence-corrected chi connectivity index (χ1v) is 20.0. The molecule has 0 fully saturated rings. The van der Waals surface area contributed by atoms with Crippen LogP contribution in [-0.4, -0.2) is 13.7 Å². The molecule has 0 aromatic carbocycles. The third-order valence-electron chi connectivity index (χ3n) is 9.59. The average Bonchev–Trinajstić information content (AvgIpc) is 3.04. The van der Waals surface area contributed by atoms with Crippen LogP contribution in [0.25, 0.3) is 0 Å². The molecule has 0 amide bonds. The summed E-state index contributed by atoms with van der Waals surface area (Å²) in [5.74, 6) is 0. The van der Waals surface area contributed by atoms with Crippen LogP contribution in [0, 0.1) is 0 Å². The van der Waals surface area contributed by atoms with Crippen molar-refractivity contribution in [3.8, 4) is 0 Å². The van der Waals surface area contributed by atoms with E-state index in [1.165, 1.54) is 149 Å². The standard InChI is InChI=1S/C39H75N3O3/c1-4-7-10-13-16-19-22-25-28-31-34-40-37(43)41(35-32-29-26-23-20-17-14-11-8-5-2)39(45)42(38(40)44)36-33-30-27-24-21-18-15-12-9-6-3/h4-36H2,1-3H3. The molecule has 0 spiro atoms. The summed E-state index contributed by atoms with van der Waals surface area (Å²) >= 11 is 0. The fraction of sp³-hybridized carbons (Fsp3) is 0.923. The highest BCUT2D eigenvalue weighted by molar-refractivity contribution is 4.79. The summed E-state index contributed by atoms with van der Waals surface area (Å²) in [6, 6.07) is 0. The molecular weight excluding hydrogens is 558 g/mol. The van der Waals surface area contributed by atoms with E-state index in [1.54, 1.807) is 0 Å². The quantitative estimate of drug-likeness (QED) is 0.0723. The molecule has 0 unspecified atom stereocenters. The number of nitrogens with zero attached hydrogens (tertiary/aromatic N) is 3. The van der Waals surface area contributed by atoms with Crippen molar-refractivity contribution >= 4 is 0 Å². The van der Waals surface area contributed by atoms with Crippen LogP contribution in [0.3, 0.4) is 0 Å². The molecule has 0 saturated heterocycles. The molecule has 0 radical (unpaired) electrons. The summed E-state index contributed by atoms with van der Waals surface area (Å²) in [7, 11) is 0. The number of hydrogen-bond acceptors (Lipinski definition) is 3. The maximum atomic E-state index is 13.4. The highest BCUT2D eigenvalue weighted by atomic mass is 16.2. The van der Waals surface area contributed by atoms with E-state index < -0.39 is 17.1 Å². The van der Waals surface area contributed by atoms with Gasteiger partial charge in [-0.05, 0) is 19.3 Å². The Labute approximate surface area is 277 Å². The van der Waals surface area contributed by atoms with Crippen LogP contribution in [0.5, 0.6) is 0 Å². The van der Waals surface area contributed by atoms with E-state index in [2.05, 4.69) is 20.8 Å². The molecule has 45 heavy (non-hydrogen) atoms. The molecule has 0 aliphatic rings. The Morgan fingerprint density at radius 2 is 0.422 bits per heavy atom. The van der Waals surface area contributed by atoms with Crippen molar-refractivity contribution in [2.24, 2.45) is 0 Å². The number of hydrogen-bond donors (Lipinski definition) is 0. The van der Waals surface area contributed by atoms with E-state index in [9.17, 15) is 14.4 Å². The first kappa shape index (κ1) is 41.4. The van der Waals surface area contributed by atoms with Gasteiger partial charge in [-0.3, -0.25) is 0 Å². The molecule has 0 saturated carbocycles. The van der Waals surface area contributed by atoms with Gasteiger partial charge in [0.15, 0.2) is 0 Å². The van der Waals surface area contributed by atoms with Gasteiger partial charge in [-0.15, -0.1) is 0 Å². The Morgan fingerprint density at radius 1 is 0.267 bits per heavy atom. The van der Waals surface area contributed by atoms with E-state index in [0.29, 0.717) is 19.6 Å². The molecule has 6 nitrogen and oxygen atoms in total. The van der Waals surface area contributed by atoms with Crippen molar-refractivity contribution in [3.63, 3.8) is 0 Å². The SMILES string of the molecule is CCCCCCCCCCCCn1c(=O)n(CCCCCCCCCCCC)c(=O)n(CCCCCCCCCCCC)c1=O. The van der Waals surface area contributed by atoms with Crippen molar-refractivity contribution < 1.29 is 0 Å². The van der Waals surface area contributed by atoms with Gasteiger partial charge in [0.05, 0.1) is 0 Å². The third-order valence-corrected chi connectivity index (χ3v) is 9.59. The lowest BCUT2D eigenvalue weighted by atomic mass is 10.1. The van der Waals surface area contributed by atoms with Gasteiger partial charge in [-0.1, -0.05) is 194 Å². The topological polar surface area (TPSA) is 66.0 Å². The summed E-state index contributed by atoms with van der Waals surface area (Å²) < 4.78 is 4.12. The molecule has 0 bridgehead atoms. The summed E-state index contributed by atoms with van der Waals surface area (Å²) in [6.07, 6.45) is 36.3. The Bertz CT molecular complexity index is 823. The fourth-order valence-corrected chi connectivity index (χ4v) is 6.53. The maximum absolute atomic E-state index is 13.4. The average molecular weight is 634 g/mol. The van der Waals surface area contributed by atoms with E-state index in [1.807, 2.05) is 0 Å². The summed E-state index contributed by atoms with van der Waals surface area (Å²) in [5, 5.41) is 0. The number of aromatic nitrogens is 3. The largest absolute Gasteiger partial charge is 0.336 e. The lowest BCUT2D eigenvalue weighted by Crippen LogP contribution is -2.54. The predicted molar refractivity (Wildman–Crippen MR) is 195 cm³/mol. The smallest absolute Gasteiger partial charge is 0.247 e. The number of rotatable bonds is 33. The van der Waals surface area contributed by atoms with Crippen LogP contribution in [0.2, 0.25) is 0 Å². The van der Waals surface area contributed by atoms with Gasteiger partial charge in [-0.25, -0.2) is 28.1 Å². The van der Waals surface area contributed by atoms with Gasteiger partial charge in [0.25, 0.3) is 0 Å². The second-order valence-corrected chi connectivity index (χ2v) is 13.8. The molecule has 1 aromatic rings. The summed E-state index contributed by atoms with van der Waals surface area (Å²) in [6.45, 7) is 8.02. The van der Waals surface area contributed by atoms with E-state index >= 15 is 0 Å². The minimum Gasteiger partial charge on any atom is -0.247 e. The van der Waals surface area contributed by atoms with Crippen molar-refractivity contribution in [1.82, 2.24) is 13.7 Å². The van der Waals surface area contributed by atoms with Crippen LogP contribution >= 0.6 is 0 Å². The lowest BCUT2D eigenvalue weighted by Gasteiger charge is -2.14. The van der Waals surface area contributed by atoms with Crippen LogP contribution in [0.4, 0.5) is 0 Å². The zero-order valence-electron chi connectivity index (χ0n) is 30.4. The zero-order valence-corrected chi connectivity index (χ0v) is 30.4. The van der Waals surface area contributed by atoms with Gasteiger partial charge in [0, 0.05) is 19.6 Å². The highest BCUT2D eigenvalue weighted by Gasteiger charge is 2.15. The van der Waals surface area contributed by atoms with Gasteiger partial charge in [-0.2, -0.15) is 0 Å². The van der Waals surface area contributed by atoms with Crippen LogP contribution in [0.15, 0.2) is 14.4 Å². The van der Waals surface area contributed by atoms with E-state index in [4.69, 9.17) is 0 Å². The van der Waals surface area contributed by atoms with E-state index in [-0.39, 0.29) is 0 Å². The minimum absolute atomic E-state index is 0.392. The lowest BCUT2D eigenvalue weighted by molar-refractivity contribution is 0.410. The first-order valence-electron chi connectivity index (χ1n) is 20.0. The molecule has 1 aromatic heterocycles. The van der Waals surface area contributed by atoms with Gasteiger partial charge in [0.1, 0.15) is 0 Å². The summed E-state index contributed by atoms with van der Waals surface area (Å²) in [5.41, 5.74) is -1.18. The van der Waals surface area contributed by atoms with Crippen molar-refractivity contribution in [3.05, 3.63) is 31.5 Å². The Morgan fingerprint density at radius 3 is 0.600 bits per heavy atom. The second kappa shape index (κ2) is 29.8. The van der Waals surface area contributed by atoms with Gasteiger partial charge < -0.3 is 0 Å². The molecule has 1 rings (SSSR count). The Hall–Kier alpha value is -1.59. The monoisotopic (exact) mass is 634 g/mol. The molecule has 1 heterocycles. The molecule has 0 aliphatic heterocycles. The number of unbranched alkanes of at least 4 members (excludes halogenated alkanes) is 27. The van der Waals surface area contributed by atoms with Gasteiger partial charge >= 0.3 is 17.1 Å². The zero-order chi connectivity index (χ0) is 32.8. The molecule has 264 valence electrons. The van der Waals surface area contributed by atoms with Crippen molar-refractivity contribution in [2.75, 3.05) is 0 Å².